The zero-order valence-corrected chi connectivity index (χ0v) is 19.7. The van der Waals surface area contributed by atoms with Crippen LogP contribution in [0.15, 0.2) is 41.2 Å². The predicted molar refractivity (Wildman–Crippen MR) is 132 cm³/mol. The monoisotopic (exact) mass is 449 g/mol. The molecule has 1 saturated heterocycles. The molecule has 3 aromatic rings. The Hall–Kier alpha value is -3.59. The number of anilines is 2. The standard InChI is InChI=1S/C24H31N7O2/c1-16-12-19-18(3)21(7-6-20(19)27-16)33-24-28-22(26-15-32-17(2)14-25-4)13-23(29-24)31-10-8-30(5)9-11-31/h6-7,12-14,27H,4,8-11,15H2,1-3,5H3,(H,26,28,29)/b17-14-. The third-order valence-corrected chi connectivity index (χ3v) is 5.70. The number of piperazine rings is 1. The fourth-order valence-electron chi connectivity index (χ4n) is 3.81. The summed E-state index contributed by atoms with van der Waals surface area (Å²) in [7, 11) is 2.13. The molecule has 3 heterocycles. The van der Waals surface area contributed by atoms with Gasteiger partial charge in [0, 0.05) is 54.4 Å². The number of allylic oxidation sites excluding steroid dienone is 1. The first-order valence-corrected chi connectivity index (χ1v) is 11.0. The highest BCUT2D eigenvalue weighted by molar-refractivity contribution is 5.86. The summed E-state index contributed by atoms with van der Waals surface area (Å²) in [5, 5.41) is 4.33. The molecule has 0 unspecified atom stereocenters. The molecule has 1 aromatic carbocycles. The molecule has 0 spiro atoms. The number of aromatic amines is 1. The Morgan fingerprint density at radius 1 is 1.21 bits per heavy atom. The van der Waals surface area contributed by atoms with Gasteiger partial charge in [-0.2, -0.15) is 9.97 Å². The molecule has 0 atom stereocenters. The number of nitrogens with one attached hydrogen (secondary N) is 2. The van der Waals surface area contributed by atoms with Crippen LogP contribution in [0.4, 0.5) is 11.6 Å². The molecule has 4 rings (SSSR count). The number of benzene rings is 1. The van der Waals surface area contributed by atoms with Crippen LogP contribution in [0.1, 0.15) is 18.2 Å². The van der Waals surface area contributed by atoms with E-state index in [1.807, 2.05) is 39.0 Å². The Labute approximate surface area is 194 Å². The average Bonchev–Trinajstić information content (AvgIpc) is 3.17. The number of hydrogen-bond donors (Lipinski definition) is 2. The van der Waals surface area contributed by atoms with Crippen LogP contribution >= 0.6 is 0 Å². The summed E-state index contributed by atoms with van der Waals surface area (Å²) < 4.78 is 11.8. The molecular formula is C24H31N7O2. The Morgan fingerprint density at radius 2 is 2.00 bits per heavy atom. The molecule has 1 aliphatic heterocycles. The fourth-order valence-corrected chi connectivity index (χ4v) is 3.81. The van der Waals surface area contributed by atoms with Crippen molar-refractivity contribution < 1.29 is 9.47 Å². The summed E-state index contributed by atoms with van der Waals surface area (Å²) in [4.78, 5) is 20.9. The molecule has 9 nitrogen and oxygen atoms in total. The van der Waals surface area contributed by atoms with Gasteiger partial charge in [-0.15, -0.1) is 0 Å². The molecule has 0 saturated carbocycles. The van der Waals surface area contributed by atoms with Crippen LogP contribution in [-0.2, 0) is 4.74 Å². The number of H-pyrrole nitrogens is 1. The van der Waals surface area contributed by atoms with E-state index in [2.05, 4.69) is 49.9 Å². The maximum absolute atomic E-state index is 6.20. The van der Waals surface area contributed by atoms with Crippen molar-refractivity contribution in [2.24, 2.45) is 4.99 Å². The first-order chi connectivity index (χ1) is 15.9. The number of nitrogens with zero attached hydrogens (tertiary/aromatic N) is 5. The Balaban J connectivity index is 1.60. The van der Waals surface area contributed by atoms with Crippen molar-refractivity contribution in [3.63, 3.8) is 0 Å². The molecule has 33 heavy (non-hydrogen) atoms. The molecule has 0 aliphatic carbocycles. The number of fused-ring (bicyclic) bond motifs is 1. The van der Waals surface area contributed by atoms with Crippen LogP contribution < -0.4 is 15.0 Å². The Bertz CT molecular complexity index is 1160. The second-order valence-corrected chi connectivity index (χ2v) is 8.28. The number of rotatable bonds is 8. The molecule has 9 heteroatoms. The molecule has 174 valence electrons. The fraction of sp³-hybridized carbons (Fsp3) is 0.375. The smallest absolute Gasteiger partial charge is 0.325 e. The summed E-state index contributed by atoms with van der Waals surface area (Å²) in [6.07, 6.45) is 1.56. The number of ether oxygens (including phenoxy) is 2. The van der Waals surface area contributed by atoms with Gasteiger partial charge >= 0.3 is 6.01 Å². The number of aromatic nitrogens is 3. The van der Waals surface area contributed by atoms with Crippen molar-refractivity contribution in [1.82, 2.24) is 19.9 Å². The van der Waals surface area contributed by atoms with E-state index in [0.717, 1.165) is 59.9 Å². The van der Waals surface area contributed by atoms with E-state index < -0.39 is 0 Å². The van der Waals surface area contributed by atoms with Crippen molar-refractivity contribution in [3.8, 4) is 11.8 Å². The zero-order chi connectivity index (χ0) is 23.4. The lowest BCUT2D eigenvalue weighted by Gasteiger charge is -2.33. The molecule has 0 radical (unpaired) electrons. The number of aryl methyl sites for hydroxylation is 2. The highest BCUT2D eigenvalue weighted by Crippen LogP contribution is 2.31. The number of hydrogen-bond acceptors (Lipinski definition) is 8. The minimum absolute atomic E-state index is 0.240. The minimum Gasteiger partial charge on any atom is -0.476 e. The summed E-state index contributed by atoms with van der Waals surface area (Å²) in [6.45, 7) is 13.3. The van der Waals surface area contributed by atoms with Gasteiger partial charge < -0.3 is 29.6 Å². The van der Waals surface area contributed by atoms with Gasteiger partial charge in [-0.1, -0.05) is 0 Å². The first kappa shape index (κ1) is 22.6. The van der Waals surface area contributed by atoms with Gasteiger partial charge in [0.25, 0.3) is 0 Å². The maximum atomic E-state index is 6.20. The molecule has 2 aromatic heterocycles. The second kappa shape index (κ2) is 9.91. The van der Waals surface area contributed by atoms with Crippen molar-refractivity contribution in [1.29, 1.82) is 0 Å². The van der Waals surface area contributed by atoms with E-state index in [0.29, 0.717) is 17.6 Å². The topological polar surface area (TPSA) is 90.9 Å². The first-order valence-electron chi connectivity index (χ1n) is 11.0. The zero-order valence-electron chi connectivity index (χ0n) is 19.7. The highest BCUT2D eigenvalue weighted by atomic mass is 16.5. The largest absolute Gasteiger partial charge is 0.476 e. The molecule has 1 aliphatic rings. The van der Waals surface area contributed by atoms with E-state index in [-0.39, 0.29) is 6.73 Å². The van der Waals surface area contributed by atoms with Crippen molar-refractivity contribution in [2.75, 3.05) is 50.2 Å². The third kappa shape index (κ3) is 5.43. The average molecular weight is 450 g/mol. The van der Waals surface area contributed by atoms with E-state index in [4.69, 9.17) is 14.5 Å². The predicted octanol–water partition coefficient (Wildman–Crippen LogP) is 4.07. The van der Waals surface area contributed by atoms with Crippen LogP contribution in [0, 0.1) is 13.8 Å². The normalized spacial score (nSPS) is 15.0. The molecule has 0 amide bonds. The lowest BCUT2D eigenvalue weighted by molar-refractivity contribution is 0.236. The van der Waals surface area contributed by atoms with Gasteiger partial charge in [0.05, 0.1) is 6.20 Å². The van der Waals surface area contributed by atoms with Crippen molar-refractivity contribution in [2.45, 2.75) is 20.8 Å². The Morgan fingerprint density at radius 3 is 2.76 bits per heavy atom. The van der Waals surface area contributed by atoms with Gasteiger partial charge in [0.1, 0.15) is 23.1 Å². The van der Waals surface area contributed by atoms with E-state index in [1.165, 1.54) is 0 Å². The summed E-state index contributed by atoms with van der Waals surface area (Å²) in [6, 6.07) is 8.32. The SMILES string of the molecule is C=N/C=C(/C)OCNc1cc(N2CCN(C)CC2)nc(Oc2ccc3[nH]c(C)cc3c2C)n1. The van der Waals surface area contributed by atoms with E-state index in [1.54, 1.807) is 6.20 Å². The summed E-state index contributed by atoms with van der Waals surface area (Å²) in [5.74, 6) is 2.85. The molecular weight excluding hydrogens is 418 g/mol. The summed E-state index contributed by atoms with van der Waals surface area (Å²) in [5.41, 5.74) is 3.24. The van der Waals surface area contributed by atoms with Crippen molar-refractivity contribution >= 4 is 29.3 Å². The maximum Gasteiger partial charge on any atom is 0.325 e. The van der Waals surface area contributed by atoms with Crippen LogP contribution in [-0.4, -0.2) is 66.5 Å². The molecule has 0 bridgehead atoms. The molecule has 2 N–H and O–H groups in total. The van der Waals surface area contributed by atoms with Crippen LogP contribution in [0.25, 0.3) is 10.9 Å². The second-order valence-electron chi connectivity index (χ2n) is 8.28. The van der Waals surface area contributed by atoms with Crippen LogP contribution in [0.2, 0.25) is 0 Å². The van der Waals surface area contributed by atoms with Crippen LogP contribution in [0.3, 0.4) is 0 Å². The van der Waals surface area contributed by atoms with Gasteiger partial charge in [-0.05, 0) is 52.7 Å². The van der Waals surface area contributed by atoms with Crippen LogP contribution in [0.5, 0.6) is 11.8 Å². The van der Waals surface area contributed by atoms with Gasteiger partial charge in [0.2, 0.25) is 0 Å². The van der Waals surface area contributed by atoms with Gasteiger partial charge in [0.15, 0.2) is 6.73 Å². The quantitative estimate of drug-likeness (QED) is 0.304. The van der Waals surface area contributed by atoms with Crippen molar-refractivity contribution in [3.05, 3.63) is 47.5 Å². The lowest BCUT2D eigenvalue weighted by Crippen LogP contribution is -2.44. The Kier molecular flexibility index (Phi) is 6.79. The molecule has 1 fully saturated rings. The number of aliphatic imine (C=N–C) groups is 1. The highest BCUT2D eigenvalue weighted by Gasteiger charge is 2.18. The summed E-state index contributed by atoms with van der Waals surface area (Å²) >= 11 is 0. The lowest BCUT2D eigenvalue weighted by atomic mass is 10.1. The number of likely N-dealkylation sites (N-methyl/N-ethyl adjacent to an activating group) is 1. The van der Waals surface area contributed by atoms with Gasteiger partial charge in [-0.25, -0.2) is 0 Å². The van der Waals surface area contributed by atoms with Gasteiger partial charge in [-0.3, -0.25) is 4.99 Å². The van der Waals surface area contributed by atoms with E-state index >= 15 is 0 Å². The van der Waals surface area contributed by atoms with E-state index in [9.17, 15) is 0 Å². The minimum atomic E-state index is 0.240. The third-order valence-electron chi connectivity index (χ3n) is 5.70.